The van der Waals surface area contributed by atoms with Gasteiger partial charge in [0.15, 0.2) is 0 Å². The van der Waals surface area contributed by atoms with Gasteiger partial charge in [0, 0.05) is 19.2 Å². The Bertz CT molecular complexity index is 168. The summed E-state index contributed by atoms with van der Waals surface area (Å²) in [6.45, 7) is 6.50. The maximum atomic E-state index is 5.91. The van der Waals surface area contributed by atoms with Crippen molar-refractivity contribution in [2.24, 2.45) is 0 Å². The quantitative estimate of drug-likeness (QED) is 0.523. The molecule has 1 N–H and O–H groups in total. The minimum absolute atomic E-state index is 0.436. The van der Waals surface area contributed by atoms with Crippen LogP contribution >= 0.6 is 0 Å². The molecule has 0 aromatic carbocycles. The first-order valence-electron chi connectivity index (χ1n) is 7.71. The number of rotatable bonds is 12. The molecule has 0 aliphatic heterocycles. The van der Waals surface area contributed by atoms with Crippen LogP contribution in [-0.2, 0) is 4.74 Å². The van der Waals surface area contributed by atoms with Crippen LogP contribution in [0.4, 0.5) is 0 Å². The lowest BCUT2D eigenvalue weighted by atomic mass is 10.1. The molecule has 102 valence electrons. The van der Waals surface area contributed by atoms with Crippen LogP contribution in [0.25, 0.3) is 0 Å². The molecule has 1 rings (SSSR count). The molecule has 17 heavy (non-hydrogen) atoms. The first-order valence-corrected chi connectivity index (χ1v) is 7.71. The highest BCUT2D eigenvalue weighted by atomic mass is 16.5. The topological polar surface area (TPSA) is 21.3 Å². The van der Waals surface area contributed by atoms with Crippen molar-refractivity contribution in [1.82, 2.24) is 5.32 Å². The van der Waals surface area contributed by atoms with Crippen LogP contribution < -0.4 is 5.32 Å². The molecule has 1 unspecified atom stereocenters. The molecule has 2 nitrogen and oxygen atoms in total. The first-order chi connectivity index (χ1) is 8.36. The predicted molar refractivity (Wildman–Crippen MR) is 74.4 cm³/mol. The minimum Gasteiger partial charge on any atom is -0.377 e. The van der Waals surface area contributed by atoms with Gasteiger partial charge in [0.2, 0.25) is 0 Å². The molecule has 1 atom stereocenters. The molecular weight excluding hydrogens is 210 g/mol. The molecule has 0 saturated heterocycles. The van der Waals surface area contributed by atoms with Crippen molar-refractivity contribution in [3.05, 3.63) is 0 Å². The number of nitrogens with one attached hydrogen (secondary N) is 1. The third-order valence-corrected chi connectivity index (χ3v) is 3.52. The summed E-state index contributed by atoms with van der Waals surface area (Å²) in [5.41, 5.74) is 0. The van der Waals surface area contributed by atoms with E-state index in [9.17, 15) is 0 Å². The Morgan fingerprint density at radius 3 is 2.41 bits per heavy atom. The second kappa shape index (κ2) is 9.90. The zero-order valence-electron chi connectivity index (χ0n) is 11.8. The van der Waals surface area contributed by atoms with E-state index in [1.807, 2.05) is 0 Å². The van der Waals surface area contributed by atoms with Crippen molar-refractivity contribution >= 4 is 0 Å². The van der Waals surface area contributed by atoms with E-state index in [-0.39, 0.29) is 0 Å². The lowest BCUT2D eigenvalue weighted by molar-refractivity contribution is 0.0479. The Balaban J connectivity index is 1.84. The minimum atomic E-state index is 0.436. The summed E-state index contributed by atoms with van der Waals surface area (Å²) >= 11 is 0. The average Bonchev–Trinajstić information content (AvgIpc) is 3.16. The molecule has 0 heterocycles. The smallest absolute Gasteiger partial charge is 0.0696 e. The molecule has 0 radical (unpaired) electrons. The Hall–Kier alpha value is -0.0800. The maximum absolute atomic E-state index is 5.91. The molecule has 1 saturated carbocycles. The molecule has 0 aromatic heterocycles. The third-order valence-electron chi connectivity index (χ3n) is 3.52. The molecule has 0 aromatic rings. The molecule has 0 amide bonds. The molecule has 2 heteroatoms. The molecule has 0 bridgehead atoms. The lowest BCUT2D eigenvalue weighted by Gasteiger charge is -2.16. The lowest BCUT2D eigenvalue weighted by Crippen LogP contribution is -2.30. The number of hydrogen-bond donors (Lipinski definition) is 1. The van der Waals surface area contributed by atoms with Gasteiger partial charge in [0.05, 0.1) is 6.10 Å². The Labute approximate surface area is 108 Å². The van der Waals surface area contributed by atoms with Crippen molar-refractivity contribution in [1.29, 1.82) is 0 Å². The SMILES string of the molecule is CCCCCCCCOC(CC)CNC1CC1. The molecule has 0 spiro atoms. The standard InChI is InChI=1S/C15H31NO/c1-3-5-6-7-8-9-12-17-15(4-2)13-16-14-10-11-14/h14-16H,3-13H2,1-2H3. The summed E-state index contributed by atoms with van der Waals surface area (Å²) in [7, 11) is 0. The second-order valence-corrected chi connectivity index (χ2v) is 5.35. The summed E-state index contributed by atoms with van der Waals surface area (Å²) in [5.74, 6) is 0. The highest BCUT2D eigenvalue weighted by Gasteiger charge is 2.21. The third kappa shape index (κ3) is 8.62. The van der Waals surface area contributed by atoms with Gasteiger partial charge in [0.1, 0.15) is 0 Å². The molecular formula is C15H31NO. The van der Waals surface area contributed by atoms with Crippen molar-refractivity contribution < 1.29 is 4.74 Å². The van der Waals surface area contributed by atoms with Gasteiger partial charge in [-0.3, -0.25) is 0 Å². The van der Waals surface area contributed by atoms with Gasteiger partial charge in [0.25, 0.3) is 0 Å². The fraction of sp³-hybridized carbons (Fsp3) is 1.00. The highest BCUT2D eigenvalue weighted by Crippen LogP contribution is 2.18. The van der Waals surface area contributed by atoms with Gasteiger partial charge in [-0.1, -0.05) is 46.0 Å². The predicted octanol–water partition coefficient (Wildman–Crippen LogP) is 3.89. The number of ether oxygens (including phenoxy) is 1. The van der Waals surface area contributed by atoms with Gasteiger partial charge in [-0.05, 0) is 25.7 Å². The van der Waals surface area contributed by atoms with Crippen LogP contribution in [0.2, 0.25) is 0 Å². The summed E-state index contributed by atoms with van der Waals surface area (Å²) in [6, 6.07) is 0.807. The summed E-state index contributed by atoms with van der Waals surface area (Å²) in [4.78, 5) is 0. The summed E-state index contributed by atoms with van der Waals surface area (Å²) in [6.07, 6.45) is 12.4. The monoisotopic (exact) mass is 241 g/mol. The van der Waals surface area contributed by atoms with E-state index in [4.69, 9.17) is 4.74 Å². The van der Waals surface area contributed by atoms with Gasteiger partial charge in [-0.2, -0.15) is 0 Å². The van der Waals surface area contributed by atoms with Crippen LogP contribution in [0.5, 0.6) is 0 Å². The van der Waals surface area contributed by atoms with Crippen LogP contribution in [-0.4, -0.2) is 25.3 Å². The first kappa shape index (κ1) is 15.0. The van der Waals surface area contributed by atoms with Crippen LogP contribution in [0, 0.1) is 0 Å². The summed E-state index contributed by atoms with van der Waals surface area (Å²) in [5, 5.41) is 3.55. The van der Waals surface area contributed by atoms with E-state index in [2.05, 4.69) is 19.2 Å². The van der Waals surface area contributed by atoms with Gasteiger partial charge >= 0.3 is 0 Å². The molecule has 1 aliphatic carbocycles. The zero-order valence-corrected chi connectivity index (χ0v) is 11.8. The fourth-order valence-corrected chi connectivity index (χ4v) is 2.04. The van der Waals surface area contributed by atoms with Gasteiger partial charge in [-0.15, -0.1) is 0 Å². The normalized spacial score (nSPS) is 17.3. The van der Waals surface area contributed by atoms with Crippen LogP contribution in [0.15, 0.2) is 0 Å². The maximum Gasteiger partial charge on any atom is 0.0696 e. The zero-order chi connectivity index (χ0) is 12.3. The Morgan fingerprint density at radius 2 is 1.76 bits per heavy atom. The van der Waals surface area contributed by atoms with Crippen molar-refractivity contribution in [3.63, 3.8) is 0 Å². The van der Waals surface area contributed by atoms with E-state index < -0.39 is 0 Å². The van der Waals surface area contributed by atoms with Crippen LogP contribution in [0.1, 0.15) is 71.6 Å². The van der Waals surface area contributed by atoms with E-state index in [0.29, 0.717) is 6.10 Å². The van der Waals surface area contributed by atoms with Crippen molar-refractivity contribution in [3.8, 4) is 0 Å². The highest BCUT2D eigenvalue weighted by molar-refractivity contribution is 4.81. The average molecular weight is 241 g/mol. The van der Waals surface area contributed by atoms with E-state index in [0.717, 1.165) is 25.6 Å². The Kier molecular flexibility index (Phi) is 8.72. The van der Waals surface area contributed by atoms with E-state index >= 15 is 0 Å². The van der Waals surface area contributed by atoms with Crippen molar-refractivity contribution in [2.45, 2.75) is 83.8 Å². The fourth-order valence-electron chi connectivity index (χ4n) is 2.04. The number of hydrogen-bond acceptors (Lipinski definition) is 2. The second-order valence-electron chi connectivity index (χ2n) is 5.35. The van der Waals surface area contributed by atoms with Gasteiger partial charge in [-0.25, -0.2) is 0 Å². The van der Waals surface area contributed by atoms with Crippen LogP contribution in [0.3, 0.4) is 0 Å². The Morgan fingerprint density at radius 1 is 1.06 bits per heavy atom. The van der Waals surface area contributed by atoms with E-state index in [1.54, 1.807) is 0 Å². The van der Waals surface area contributed by atoms with Gasteiger partial charge < -0.3 is 10.1 Å². The number of unbranched alkanes of at least 4 members (excludes halogenated alkanes) is 5. The van der Waals surface area contributed by atoms with Crippen molar-refractivity contribution in [2.75, 3.05) is 13.2 Å². The molecule has 1 fully saturated rings. The summed E-state index contributed by atoms with van der Waals surface area (Å²) < 4.78 is 5.91. The van der Waals surface area contributed by atoms with E-state index in [1.165, 1.54) is 51.4 Å². The molecule has 1 aliphatic rings. The largest absolute Gasteiger partial charge is 0.377 e.